The largest absolute Gasteiger partial charge is 0.352 e. The van der Waals surface area contributed by atoms with Gasteiger partial charge in [0.05, 0.1) is 11.9 Å². The number of anilines is 1. The second kappa shape index (κ2) is 14.2. The third kappa shape index (κ3) is 8.70. The van der Waals surface area contributed by atoms with Crippen molar-refractivity contribution in [2.24, 2.45) is 0 Å². The molecule has 0 unspecified atom stereocenters. The second-order valence-corrected chi connectivity index (χ2v) is 12.9. The van der Waals surface area contributed by atoms with Gasteiger partial charge in [0.25, 0.3) is 0 Å². The van der Waals surface area contributed by atoms with Gasteiger partial charge in [0.15, 0.2) is 0 Å². The van der Waals surface area contributed by atoms with Crippen LogP contribution in [0.25, 0.3) is 0 Å². The molecule has 0 aliphatic heterocycles. The van der Waals surface area contributed by atoms with Crippen LogP contribution in [-0.2, 0) is 26.2 Å². The molecule has 3 rings (SSSR count). The van der Waals surface area contributed by atoms with E-state index in [0.717, 1.165) is 43.1 Å². The maximum atomic E-state index is 13.7. The lowest BCUT2D eigenvalue weighted by atomic mass is 9.95. The number of nitrogens with one attached hydrogen (secondary N) is 1. The average molecular weight is 576 g/mol. The van der Waals surface area contributed by atoms with E-state index in [2.05, 4.69) is 5.32 Å². The normalized spacial score (nSPS) is 15.0. The van der Waals surface area contributed by atoms with E-state index in [9.17, 15) is 18.0 Å². The maximum Gasteiger partial charge on any atom is 0.243 e. The zero-order valence-corrected chi connectivity index (χ0v) is 25.2. The summed E-state index contributed by atoms with van der Waals surface area (Å²) in [7, 11) is -3.59. The molecule has 2 aromatic carbocycles. The van der Waals surface area contributed by atoms with Crippen molar-refractivity contribution in [2.45, 2.75) is 90.8 Å². The van der Waals surface area contributed by atoms with E-state index in [-0.39, 0.29) is 30.8 Å². The molecule has 1 aliphatic carbocycles. The fourth-order valence-electron chi connectivity index (χ4n) is 5.32. The van der Waals surface area contributed by atoms with E-state index < -0.39 is 16.1 Å². The van der Waals surface area contributed by atoms with Crippen molar-refractivity contribution in [3.63, 3.8) is 0 Å². The number of sulfonamides is 1. The van der Waals surface area contributed by atoms with Gasteiger partial charge in [-0.2, -0.15) is 0 Å². The van der Waals surface area contributed by atoms with Crippen LogP contribution in [-0.4, -0.2) is 50.0 Å². The summed E-state index contributed by atoms with van der Waals surface area (Å²) < 4.78 is 26.6. The Bertz CT molecular complexity index is 1240. The minimum absolute atomic E-state index is 0.113. The quantitative estimate of drug-likeness (QED) is 0.349. The fraction of sp³-hybridized carbons (Fsp3) is 0.533. The molecular formula is C30H42ClN3O4S. The van der Waals surface area contributed by atoms with Crippen molar-refractivity contribution in [2.75, 3.05) is 17.1 Å². The second-order valence-electron chi connectivity index (χ2n) is 10.6. The summed E-state index contributed by atoms with van der Waals surface area (Å²) in [6.07, 6.45) is 7.42. The number of carbonyl (C=O) groups is 2. The number of carbonyl (C=O) groups excluding carboxylic acids is 2. The number of amides is 2. The summed E-state index contributed by atoms with van der Waals surface area (Å²) in [5.74, 6) is -0.281. The van der Waals surface area contributed by atoms with Gasteiger partial charge in [0.2, 0.25) is 21.8 Å². The molecular weight excluding hydrogens is 534 g/mol. The molecule has 0 radical (unpaired) electrons. The molecule has 7 nitrogen and oxygen atoms in total. The van der Waals surface area contributed by atoms with Crippen molar-refractivity contribution in [1.82, 2.24) is 10.2 Å². The smallest absolute Gasteiger partial charge is 0.243 e. The Morgan fingerprint density at radius 2 is 1.77 bits per heavy atom. The highest BCUT2D eigenvalue weighted by Crippen LogP contribution is 2.28. The third-order valence-electron chi connectivity index (χ3n) is 7.43. The first kappa shape index (κ1) is 31.0. The molecule has 1 N–H and O–H groups in total. The summed E-state index contributed by atoms with van der Waals surface area (Å²) in [6.45, 7) is 6.16. The molecule has 1 fully saturated rings. The van der Waals surface area contributed by atoms with Crippen molar-refractivity contribution in [3.8, 4) is 0 Å². The van der Waals surface area contributed by atoms with E-state index in [0.29, 0.717) is 35.7 Å². The van der Waals surface area contributed by atoms with Gasteiger partial charge in [-0.1, -0.05) is 73.7 Å². The molecule has 2 aromatic rings. The van der Waals surface area contributed by atoms with Gasteiger partial charge in [0, 0.05) is 30.6 Å². The molecule has 0 saturated heterocycles. The SMILES string of the molecule is CC[C@H](C(=O)NC1CCCCC1)N(Cc1cccc(C)c1)C(=O)CCCN(c1cccc(Cl)c1C)S(C)(=O)=O. The Labute approximate surface area is 239 Å². The lowest BCUT2D eigenvalue weighted by Crippen LogP contribution is -2.51. The number of nitrogens with zero attached hydrogens (tertiary/aromatic N) is 2. The van der Waals surface area contributed by atoms with Gasteiger partial charge in [-0.15, -0.1) is 0 Å². The first-order chi connectivity index (χ1) is 18.5. The van der Waals surface area contributed by atoms with Crippen LogP contribution in [0.2, 0.25) is 5.02 Å². The number of aryl methyl sites for hydroxylation is 1. The Balaban J connectivity index is 1.78. The Morgan fingerprint density at radius 1 is 1.08 bits per heavy atom. The van der Waals surface area contributed by atoms with E-state index >= 15 is 0 Å². The van der Waals surface area contributed by atoms with Crippen LogP contribution in [0.4, 0.5) is 5.69 Å². The lowest BCUT2D eigenvalue weighted by Gasteiger charge is -2.33. The Morgan fingerprint density at radius 3 is 2.41 bits per heavy atom. The maximum absolute atomic E-state index is 13.7. The molecule has 1 aliphatic rings. The monoisotopic (exact) mass is 575 g/mol. The summed E-state index contributed by atoms with van der Waals surface area (Å²) >= 11 is 6.25. The van der Waals surface area contributed by atoms with Gasteiger partial charge in [0.1, 0.15) is 6.04 Å². The van der Waals surface area contributed by atoms with Gasteiger partial charge in [-0.25, -0.2) is 8.42 Å². The predicted molar refractivity (Wildman–Crippen MR) is 158 cm³/mol. The minimum atomic E-state index is -3.59. The van der Waals surface area contributed by atoms with Gasteiger partial charge >= 0.3 is 0 Å². The topological polar surface area (TPSA) is 86.8 Å². The van der Waals surface area contributed by atoms with E-state index in [1.54, 1.807) is 30.0 Å². The Kier molecular flexibility index (Phi) is 11.2. The number of hydrogen-bond donors (Lipinski definition) is 1. The van der Waals surface area contributed by atoms with Crippen molar-refractivity contribution in [3.05, 3.63) is 64.2 Å². The number of halogens is 1. The van der Waals surface area contributed by atoms with Gasteiger partial charge in [-0.3, -0.25) is 13.9 Å². The van der Waals surface area contributed by atoms with Crippen LogP contribution in [0.3, 0.4) is 0 Å². The lowest BCUT2D eigenvalue weighted by molar-refractivity contribution is -0.141. The van der Waals surface area contributed by atoms with Crippen molar-refractivity contribution < 1.29 is 18.0 Å². The number of rotatable bonds is 12. The van der Waals surface area contributed by atoms with Crippen LogP contribution in [0.15, 0.2) is 42.5 Å². The summed E-state index contributed by atoms with van der Waals surface area (Å²) in [6, 6.07) is 12.7. The molecule has 0 aromatic heterocycles. The molecule has 0 spiro atoms. The van der Waals surface area contributed by atoms with Gasteiger partial charge in [-0.05, 0) is 62.8 Å². The highest BCUT2D eigenvalue weighted by Gasteiger charge is 2.30. The highest BCUT2D eigenvalue weighted by atomic mass is 35.5. The fourth-order valence-corrected chi connectivity index (χ4v) is 6.51. The predicted octanol–water partition coefficient (Wildman–Crippen LogP) is 5.76. The molecule has 1 saturated carbocycles. The average Bonchev–Trinajstić information content (AvgIpc) is 2.88. The number of hydrogen-bond acceptors (Lipinski definition) is 4. The summed E-state index contributed by atoms with van der Waals surface area (Å²) in [5, 5.41) is 3.68. The molecule has 2 amide bonds. The molecule has 39 heavy (non-hydrogen) atoms. The van der Waals surface area contributed by atoms with Crippen molar-refractivity contribution in [1.29, 1.82) is 0 Å². The summed E-state index contributed by atoms with van der Waals surface area (Å²) in [5.41, 5.74) is 3.22. The molecule has 214 valence electrons. The highest BCUT2D eigenvalue weighted by molar-refractivity contribution is 7.92. The minimum Gasteiger partial charge on any atom is -0.352 e. The van der Waals surface area contributed by atoms with Crippen LogP contribution < -0.4 is 9.62 Å². The number of benzene rings is 2. The van der Waals surface area contributed by atoms with E-state index in [1.807, 2.05) is 38.1 Å². The van der Waals surface area contributed by atoms with E-state index in [1.165, 1.54) is 10.7 Å². The van der Waals surface area contributed by atoms with E-state index in [4.69, 9.17) is 11.6 Å². The van der Waals surface area contributed by atoms with Crippen LogP contribution in [0, 0.1) is 13.8 Å². The Hall–Kier alpha value is -2.58. The standard InChI is InChI=1S/C30H42ClN3O4S/c1-5-27(30(36)32-25-14-7-6-8-15-25)33(21-24-13-9-12-22(2)20-24)29(35)18-11-19-34(39(4,37)38)28-17-10-16-26(31)23(28)3/h9-10,12-13,16-17,20,25,27H,5-8,11,14-15,18-19,21H2,1-4H3,(H,32,36)/t27-/m1/s1. The van der Waals surface area contributed by atoms with Crippen LogP contribution in [0.5, 0.6) is 0 Å². The zero-order chi connectivity index (χ0) is 28.6. The summed E-state index contributed by atoms with van der Waals surface area (Å²) in [4.78, 5) is 28.8. The molecule has 1 atom stereocenters. The third-order valence-corrected chi connectivity index (χ3v) is 9.02. The molecule has 9 heteroatoms. The molecule has 0 bridgehead atoms. The van der Waals surface area contributed by atoms with Gasteiger partial charge < -0.3 is 10.2 Å². The van der Waals surface area contributed by atoms with Crippen LogP contribution >= 0.6 is 11.6 Å². The first-order valence-corrected chi connectivity index (χ1v) is 16.1. The van der Waals surface area contributed by atoms with Crippen molar-refractivity contribution >= 4 is 39.1 Å². The van der Waals surface area contributed by atoms with Crippen LogP contribution in [0.1, 0.15) is 75.0 Å². The zero-order valence-electron chi connectivity index (χ0n) is 23.6. The first-order valence-electron chi connectivity index (χ1n) is 13.9. The molecule has 0 heterocycles.